The van der Waals surface area contributed by atoms with Gasteiger partial charge in [-0.15, -0.1) is 0 Å². The third-order valence-corrected chi connectivity index (χ3v) is 10.5. The highest BCUT2D eigenvalue weighted by Gasteiger charge is 2.58. The Morgan fingerprint density at radius 3 is 2.17 bits per heavy atom. The molecular formula is C33H34Cl3NO3. The van der Waals surface area contributed by atoms with Crippen LogP contribution in [0, 0.1) is 11.3 Å². The van der Waals surface area contributed by atoms with E-state index in [9.17, 15) is 14.7 Å². The summed E-state index contributed by atoms with van der Waals surface area (Å²) in [4.78, 5) is 29.0. The van der Waals surface area contributed by atoms with E-state index >= 15 is 0 Å². The van der Waals surface area contributed by atoms with Crippen molar-refractivity contribution < 1.29 is 14.7 Å². The Labute approximate surface area is 251 Å². The highest BCUT2D eigenvalue weighted by molar-refractivity contribution is 6.46. The number of halogens is 3. The molecule has 1 aliphatic heterocycles. The monoisotopic (exact) mass is 597 g/mol. The number of fused-ring (bicyclic) bond motifs is 3. The zero-order valence-electron chi connectivity index (χ0n) is 23.2. The number of carboxylic acids is 1. The third-order valence-electron chi connectivity index (χ3n) is 9.26. The van der Waals surface area contributed by atoms with Gasteiger partial charge in [0.2, 0.25) is 0 Å². The van der Waals surface area contributed by atoms with Gasteiger partial charge in [-0.25, -0.2) is 0 Å². The molecular weight excluding hydrogens is 565 g/mol. The molecule has 40 heavy (non-hydrogen) atoms. The number of benzene rings is 3. The normalized spacial score (nSPS) is 24.4. The summed E-state index contributed by atoms with van der Waals surface area (Å²) < 4.78 is 0. The molecule has 0 radical (unpaired) electrons. The molecule has 0 spiro atoms. The van der Waals surface area contributed by atoms with E-state index in [1.165, 1.54) is 0 Å². The van der Waals surface area contributed by atoms with Crippen LogP contribution in [0.4, 0.5) is 0 Å². The van der Waals surface area contributed by atoms with Gasteiger partial charge in [-0.2, -0.15) is 0 Å². The van der Waals surface area contributed by atoms with Crippen molar-refractivity contribution in [3.63, 3.8) is 0 Å². The van der Waals surface area contributed by atoms with Crippen molar-refractivity contribution in [2.24, 2.45) is 11.3 Å². The lowest BCUT2D eigenvalue weighted by Crippen LogP contribution is -2.53. The second kappa shape index (κ2) is 10.7. The summed E-state index contributed by atoms with van der Waals surface area (Å²) >= 11 is 20.9. The fourth-order valence-electron chi connectivity index (χ4n) is 7.01. The van der Waals surface area contributed by atoms with Gasteiger partial charge in [0.1, 0.15) is 0 Å². The zero-order chi connectivity index (χ0) is 29.0. The number of carboxylic acid groups (broad SMARTS) is 1. The Morgan fingerprint density at radius 2 is 1.57 bits per heavy atom. The van der Waals surface area contributed by atoms with Gasteiger partial charge in [0.15, 0.2) is 0 Å². The van der Waals surface area contributed by atoms with E-state index in [1.807, 2.05) is 63.2 Å². The fraction of sp³-hybridized carbons (Fsp3) is 0.394. The molecule has 0 aromatic heterocycles. The van der Waals surface area contributed by atoms with Crippen molar-refractivity contribution in [2.75, 3.05) is 6.54 Å². The van der Waals surface area contributed by atoms with Crippen LogP contribution in [-0.2, 0) is 16.8 Å². The Balaban J connectivity index is 1.66. The number of carbonyl (C=O) groups is 2. The van der Waals surface area contributed by atoms with Crippen LogP contribution < -0.4 is 0 Å². The third kappa shape index (κ3) is 4.62. The molecule has 210 valence electrons. The van der Waals surface area contributed by atoms with Crippen LogP contribution in [0.3, 0.4) is 0 Å². The topological polar surface area (TPSA) is 57.6 Å². The van der Waals surface area contributed by atoms with Crippen molar-refractivity contribution in [1.29, 1.82) is 0 Å². The Kier molecular flexibility index (Phi) is 7.76. The Morgan fingerprint density at radius 1 is 0.950 bits per heavy atom. The van der Waals surface area contributed by atoms with Crippen molar-refractivity contribution in [2.45, 2.75) is 64.8 Å². The molecule has 2 aliphatic rings. The largest absolute Gasteiger partial charge is 0.481 e. The van der Waals surface area contributed by atoms with E-state index in [-0.39, 0.29) is 18.4 Å². The van der Waals surface area contributed by atoms with Crippen LogP contribution in [0.1, 0.15) is 79.9 Å². The molecule has 3 aromatic rings. The molecule has 1 heterocycles. The van der Waals surface area contributed by atoms with Gasteiger partial charge in [-0.1, -0.05) is 117 Å². The van der Waals surface area contributed by atoms with Crippen LogP contribution in [0.25, 0.3) is 11.1 Å². The van der Waals surface area contributed by atoms with Gasteiger partial charge in [-0.3, -0.25) is 9.59 Å². The van der Waals surface area contributed by atoms with E-state index in [4.69, 9.17) is 34.8 Å². The molecule has 0 bridgehead atoms. The fourth-order valence-corrected chi connectivity index (χ4v) is 8.36. The number of nitrogens with zero attached hydrogens (tertiary/aromatic N) is 1. The summed E-state index contributed by atoms with van der Waals surface area (Å²) in [7, 11) is 0. The van der Waals surface area contributed by atoms with Crippen molar-refractivity contribution in [3.8, 4) is 11.1 Å². The smallest absolute Gasteiger partial charge is 0.309 e. The second-order valence-electron chi connectivity index (χ2n) is 12.1. The number of amides is 1. The van der Waals surface area contributed by atoms with Gasteiger partial charge >= 0.3 is 5.97 Å². The SMILES string of the molecule is CC(C)c1c(Cl)c(Cl)c2c(c1Cl)C(=O)N(Cc1ccc(-c3ccccc3)cc1)C[C@H]1[C@](C)(C(=O)O)CCC[C@]21C. The van der Waals surface area contributed by atoms with Crippen LogP contribution in [0.5, 0.6) is 0 Å². The van der Waals surface area contributed by atoms with Crippen LogP contribution in [0.15, 0.2) is 54.6 Å². The molecule has 3 aromatic carbocycles. The number of hydrogen-bond donors (Lipinski definition) is 1. The first-order valence-electron chi connectivity index (χ1n) is 13.8. The second-order valence-corrected chi connectivity index (χ2v) is 13.2. The molecule has 1 saturated carbocycles. The summed E-state index contributed by atoms with van der Waals surface area (Å²) in [6, 6.07) is 18.3. The summed E-state index contributed by atoms with van der Waals surface area (Å²) in [5.74, 6) is -1.55. The van der Waals surface area contributed by atoms with E-state index in [0.717, 1.165) is 16.7 Å². The molecule has 7 heteroatoms. The first-order chi connectivity index (χ1) is 18.9. The average molecular weight is 599 g/mol. The minimum atomic E-state index is -1.05. The van der Waals surface area contributed by atoms with E-state index in [2.05, 4.69) is 12.1 Å². The Hall–Kier alpha value is -2.53. The summed E-state index contributed by atoms with van der Waals surface area (Å²) in [5, 5.41) is 11.5. The Bertz CT molecular complexity index is 1470. The predicted molar refractivity (Wildman–Crippen MR) is 163 cm³/mol. The van der Waals surface area contributed by atoms with Gasteiger partial charge in [0.05, 0.1) is 26.0 Å². The van der Waals surface area contributed by atoms with Gasteiger partial charge in [0, 0.05) is 24.4 Å². The first-order valence-corrected chi connectivity index (χ1v) is 14.9. The maximum absolute atomic E-state index is 14.4. The number of rotatable bonds is 5. The minimum absolute atomic E-state index is 0.0583. The number of hydrogen-bond acceptors (Lipinski definition) is 2. The molecule has 1 N–H and O–H groups in total. The number of carbonyl (C=O) groups excluding carboxylic acids is 1. The van der Waals surface area contributed by atoms with Crippen molar-refractivity contribution >= 4 is 46.7 Å². The van der Waals surface area contributed by atoms with Crippen molar-refractivity contribution in [3.05, 3.63) is 91.9 Å². The summed E-state index contributed by atoms with van der Waals surface area (Å²) in [6.45, 7) is 8.37. The molecule has 3 atom stereocenters. The highest BCUT2D eigenvalue weighted by Crippen LogP contribution is 2.59. The average Bonchev–Trinajstić information content (AvgIpc) is 3.01. The molecule has 1 aliphatic carbocycles. The highest BCUT2D eigenvalue weighted by atomic mass is 35.5. The lowest BCUT2D eigenvalue weighted by Gasteiger charge is -2.50. The van der Waals surface area contributed by atoms with Crippen molar-refractivity contribution in [1.82, 2.24) is 4.90 Å². The maximum Gasteiger partial charge on any atom is 0.309 e. The molecule has 5 rings (SSSR count). The lowest BCUT2D eigenvalue weighted by molar-refractivity contribution is -0.157. The van der Waals surface area contributed by atoms with E-state index in [1.54, 1.807) is 11.8 Å². The van der Waals surface area contributed by atoms with E-state index in [0.29, 0.717) is 57.6 Å². The van der Waals surface area contributed by atoms with Crippen LogP contribution in [-0.4, -0.2) is 28.4 Å². The molecule has 4 nitrogen and oxygen atoms in total. The number of aliphatic carboxylic acids is 1. The van der Waals surface area contributed by atoms with E-state index < -0.39 is 22.7 Å². The molecule has 0 unspecified atom stereocenters. The minimum Gasteiger partial charge on any atom is -0.481 e. The van der Waals surface area contributed by atoms with Crippen LogP contribution >= 0.6 is 34.8 Å². The standard InChI is InChI=1S/C33H34Cl3NO3/c1-19(2)24-27(34)25-26(29(36)28(24)35)32(3)15-8-16-33(4,31(39)40)23(32)18-37(30(25)38)17-20-11-13-22(14-12-20)21-9-6-5-7-10-21/h5-7,9-14,19,23H,8,15-18H2,1-4H3,(H,39,40)/t23-,32+,33-/m1/s1. The maximum atomic E-state index is 14.4. The summed E-state index contributed by atoms with van der Waals surface area (Å²) in [6.07, 6.45) is 1.91. The lowest BCUT2D eigenvalue weighted by atomic mass is 9.53. The molecule has 0 saturated heterocycles. The quantitative estimate of drug-likeness (QED) is 0.298. The van der Waals surface area contributed by atoms with Gasteiger partial charge in [0.25, 0.3) is 5.91 Å². The molecule has 1 fully saturated rings. The summed E-state index contributed by atoms with van der Waals surface area (Å²) in [5.41, 5.74) is 2.99. The van der Waals surface area contributed by atoms with Gasteiger partial charge in [-0.05, 0) is 53.5 Å². The van der Waals surface area contributed by atoms with Crippen LogP contribution in [0.2, 0.25) is 15.1 Å². The molecule has 1 amide bonds. The zero-order valence-corrected chi connectivity index (χ0v) is 25.5. The van der Waals surface area contributed by atoms with Gasteiger partial charge < -0.3 is 10.0 Å². The first kappa shape index (κ1) is 29.0. The predicted octanol–water partition coefficient (Wildman–Crippen LogP) is 9.24.